The van der Waals surface area contributed by atoms with Gasteiger partial charge in [0.25, 0.3) is 5.69 Å². The van der Waals surface area contributed by atoms with Crippen molar-refractivity contribution in [1.29, 1.82) is 0 Å². The molecule has 2 aromatic rings. The van der Waals surface area contributed by atoms with Gasteiger partial charge in [0, 0.05) is 27.9 Å². The molecular formula is C14H12BrN7O3. The molecule has 25 heavy (non-hydrogen) atoms. The van der Waals surface area contributed by atoms with Gasteiger partial charge in [-0.1, -0.05) is 15.9 Å². The summed E-state index contributed by atoms with van der Waals surface area (Å²) in [7, 11) is 0. The lowest BCUT2D eigenvalue weighted by molar-refractivity contribution is -0.384. The number of non-ortho nitro benzene ring substituents is 1. The third-order valence-corrected chi connectivity index (χ3v) is 3.72. The quantitative estimate of drug-likeness (QED) is 0.391. The molecule has 0 spiro atoms. The Bertz CT molecular complexity index is 854. The van der Waals surface area contributed by atoms with Crippen molar-refractivity contribution in [3.63, 3.8) is 0 Å². The summed E-state index contributed by atoms with van der Waals surface area (Å²) < 4.78 is 0.820. The molecule has 0 aliphatic carbocycles. The van der Waals surface area contributed by atoms with Crippen LogP contribution < -0.4 is 27.1 Å². The first-order chi connectivity index (χ1) is 12.0. The second kappa shape index (κ2) is 7.15. The van der Waals surface area contributed by atoms with Crippen LogP contribution in [0.2, 0.25) is 0 Å². The monoisotopic (exact) mass is 405 g/mol. The molecule has 1 aliphatic heterocycles. The van der Waals surface area contributed by atoms with Crippen molar-refractivity contribution in [3.05, 3.63) is 62.6 Å². The fourth-order valence-corrected chi connectivity index (χ4v) is 2.46. The number of nitrogens with one attached hydrogen (secondary N) is 5. The van der Waals surface area contributed by atoms with Gasteiger partial charge >= 0.3 is 6.03 Å². The molecule has 0 unspecified atom stereocenters. The largest absolute Gasteiger partial charge is 0.323 e. The molecule has 5 N–H and O–H groups in total. The van der Waals surface area contributed by atoms with Gasteiger partial charge in [0.05, 0.1) is 10.6 Å². The number of amidine groups is 1. The van der Waals surface area contributed by atoms with Crippen LogP contribution >= 0.6 is 15.9 Å². The summed E-state index contributed by atoms with van der Waals surface area (Å²) in [6.45, 7) is 0. The number of hydrogen-bond donors (Lipinski definition) is 5. The number of rotatable bonds is 4. The second-order valence-corrected chi connectivity index (χ2v) is 5.81. The summed E-state index contributed by atoms with van der Waals surface area (Å²) in [5.74, 6) is 0.506. The van der Waals surface area contributed by atoms with Crippen LogP contribution in [0.1, 0.15) is 5.56 Å². The Morgan fingerprint density at radius 2 is 1.92 bits per heavy atom. The number of anilines is 2. The molecule has 1 heterocycles. The molecule has 2 amide bonds. The molecule has 0 bridgehead atoms. The number of halogens is 1. The summed E-state index contributed by atoms with van der Waals surface area (Å²) in [4.78, 5) is 22.3. The number of carbonyl (C=O) groups is 1. The Kier molecular flexibility index (Phi) is 4.77. The van der Waals surface area contributed by atoms with Gasteiger partial charge in [-0.25, -0.2) is 10.3 Å². The Balaban J connectivity index is 1.73. The van der Waals surface area contributed by atoms with E-state index >= 15 is 0 Å². The highest BCUT2D eigenvalue weighted by Gasteiger charge is 2.15. The maximum absolute atomic E-state index is 12.2. The van der Waals surface area contributed by atoms with Crippen molar-refractivity contribution in [3.8, 4) is 0 Å². The minimum Gasteiger partial charge on any atom is -0.308 e. The molecule has 0 radical (unpaired) electrons. The van der Waals surface area contributed by atoms with E-state index in [9.17, 15) is 14.9 Å². The van der Waals surface area contributed by atoms with E-state index in [-0.39, 0.29) is 5.69 Å². The van der Waals surface area contributed by atoms with Crippen LogP contribution in [0.4, 0.5) is 21.9 Å². The van der Waals surface area contributed by atoms with Crippen LogP contribution in [0.5, 0.6) is 0 Å². The number of nitro benzene ring substituents is 1. The third-order valence-electron chi connectivity index (χ3n) is 3.23. The van der Waals surface area contributed by atoms with Gasteiger partial charge in [-0.05, 0) is 30.3 Å². The van der Waals surface area contributed by atoms with E-state index in [2.05, 4.69) is 48.2 Å². The lowest BCUT2D eigenvalue weighted by Crippen LogP contribution is -2.35. The van der Waals surface area contributed by atoms with Gasteiger partial charge in [0.15, 0.2) is 5.84 Å². The molecule has 11 heteroatoms. The van der Waals surface area contributed by atoms with Crippen LogP contribution in [0.25, 0.3) is 0 Å². The maximum Gasteiger partial charge on any atom is 0.323 e. The number of nitro groups is 1. The predicted octanol–water partition coefficient (Wildman–Crippen LogP) is 2.28. The van der Waals surface area contributed by atoms with Gasteiger partial charge in [-0.2, -0.15) is 0 Å². The highest BCUT2D eigenvalue weighted by Crippen LogP contribution is 2.22. The van der Waals surface area contributed by atoms with E-state index in [1.165, 1.54) is 24.3 Å². The maximum atomic E-state index is 12.2. The summed E-state index contributed by atoms with van der Waals surface area (Å²) in [6.07, 6.45) is 0. The van der Waals surface area contributed by atoms with Crippen LogP contribution in [0.3, 0.4) is 0 Å². The first-order valence-electron chi connectivity index (χ1n) is 6.99. The Labute approximate surface area is 149 Å². The molecule has 3 rings (SSSR count). The standard InChI is InChI=1S/C14H12BrN7O3/c15-8-1-6-12(11(7-8)13-18-20-21-19-13)17-14(23)16-9-2-4-10(5-3-9)22(24)25/h1-7,20-21H,(H,18,19)(H2,16,17,23). The molecule has 2 aromatic carbocycles. The number of hydrogen-bond acceptors (Lipinski definition) is 7. The van der Waals surface area contributed by atoms with Crippen molar-refractivity contribution in [2.24, 2.45) is 5.10 Å². The fourth-order valence-electron chi connectivity index (χ4n) is 2.10. The molecular weight excluding hydrogens is 394 g/mol. The average Bonchev–Trinajstić information content (AvgIpc) is 3.11. The number of carbonyl (C=O) groups excluding carboxylic acids is 1. The zero-order chi connectivity index (χ0) is 17.8. The Morgan fingerprint density at radius 1 is 1.16 bits per heavy atom. The first-order valence-corrected chi connectivity index (χ1v) is 7.78. The van der Waals surface area contributed by atoms with E-state index in [4.69, 9.17) is 0 Å². The zero-order valence-electron chi connectivity index (χ0n) is 12.5. The van der Waals surface area contributed by atoms with Gasteiger partial charge in [0.1, 0.15) is 0 Å². The number of amides is 2. The summed E-state index contributed by atoms with van der Waals surface area (Å²) >= 11 is 3.37. The molecule has 128 valence electrons. The van der Waals surface area contributed by atoms with Crippen LogP contribution in [0, 0.1) is 10.1 Å². The SMILES string of the molecule is O=C(Nc1ccc([N+](=O)[O-])cc1)Nc1ccc(Br)cc1C1=NNNN1. The lowest BCUT2D eigenvalue weighted by Gasteiger charge is -2.12. The number of hydrazone groups is 1. The van der Waals surface area contributed by atoms with Gasteiger partial charge in [-0.15, -0.1) is 10.6 Å². The topological polar surface area (TPSA) is 133 Å². The average molecular weight is 406 g/mol. The van der Waals surface area contributed by atoms with E-state index in [0.717, 1.165) is 4.47 Å². The smallest absolute Gasteiger partial charge is 0.308 e. The summed E-state index contributed by atoms with van der Waals surface area (Å²) in [5.41, 5.74) is 9.56. The van der Waals surface area contributed by atoms with Crippen molar-refractivity contribution < 1.29 is 9.72 Å². The molecule has 0 atom stereocenters. The van der Waals surface area contributed by atoms with Crippen molar-refractivity contribution >= 4 is 44.9 Å². The van der Waals surface area contributed by atoms with Crippen LogP contribution in [0.15, 0.2) is 52.0 Å². The number of benzene rings is 2. The van der Waals surface area contributed by atoms with E-state index < -0.39 is 11.0 Å². The second-order valence-electron chi connectivity index (χ2n) is 4.90. The predicted molar refractivity (Wildman–Crippen MR) is 95.8 cm³/mol. The number of nitrogens with zero attached hydrogens (tertiary/aromatic N) is 2. The molecule has 0 aromatic heterocycles. The molecule has 0 fully saturated rings. The number of urea groups is 1. The van der Waals surface area contributed by atoms with Crippen molar-refractivity contribution in [2.45, 2.75) is 0 Å². The minimum absolute atomic E-state index is 0.0496. The Morgan fingerprint density at radius 3 is 2.56 bits per heavy atom. The van der Waals surface area contributed by atoms with Gasteiger partial charge in [0.2, 0.25) is 0 Å². The zero-order valence-corrected chi connectivity index (χ0v) is 14.1. The highest BCUT2D eigenvalue weighted by molar-refractivity contribution is 9.10. The van der Waals surface area contributed by atoms with Crippen LogP contribution in [-0.2, 0) is 0 Å². The van der Waals surface area contributed by atoms with Crippen molar-refractivity contribution in [1.82, 2.24) is 16.5 Å². The third kappa shape index (κ3) is 4.02. The minimum atomic E-state index is -0.505. The van der Waals surface area contributed by atoms with E-state index in [0.29, 0.717) is 22.8 Å². The molecule has 10 nitrogen and oxygen atoms in total. The summed E-state index contributed by atoms with van der Waals surface area (Å²) in [5, 5.41) is 20.0. The molecule has 1 aliphatic rings. The summed E-state index contributed by atoms with van der Waals surface area (Å²) in [6, 6.07) is 10.3. The molecule has 0 saturated heterocycles. The molecule has 0 saturated carbocycles. The Hall–Kier alpha value is -3.18. The van der Waals surface area contributed by atoms with E-state index in [1.807, 2.05) is 0 Å². The van der Waals surface area contributed by atoms with Crippen LogP contribution in [-0.4, -0.2) is 16.8 Å². The van der Waals surface area contributed by atoms with Gasteiger partial charge < -0.3 is 10.6 Å². The normalized spacial score (nSPS) is 12.6. The van der Waals surface area contributed by atoms with Crippen molar-refractivity contribution in [2.75, 3.05) is 10.6 Å². The van der Waals surface area contributed by atoms with Gasteiger partial charge in [-0.3, -0.25) is 15.5 Å². The fraction of sp³-hybridized carbons (Fsp3) is 0. The highest BCUT2D eigenvalue weighted by atomic mass is 79.9. The first kappa shape index (κ1) is 16.7. The lowest BCUT2D eigenvalue weighted by atomic mass is 10.1. The van der Waals surface area contributed by atoms with E-state index in [1.54, 1.807) is 18.2 Å². The number of hydrazine groups is 2.